The summed E-state index contributed by atoms with van der Waals surface area (Å²) in [5, 5.41) is 3.38. The van der Waals surface area contributed by atoms with Gasteiger partial charge in [0.25, 0.3) is 0 Å². The van der Waals surface area contributed by atoms with Crippen LogP contribution in [0.4, 0.5) is 5.69 Å². The Labute approximate surface area is 73.0 Å². The van der Waals surface area contributed by atoms with Crippen LogP contribution in [0.1, 0.15) is 18.4 Å². The highest BCUT2D eigenvalue weighted by Gasteiger charge is 2.20. The average Bonchev–Trinajstić information content (AvgIpc) is 2.84. The van der Waals surface area contributed by atoms with E-state index >= 15 is 0 Å². The molecule has 0 atom stereocenters. The molecule has 1 aromatic rings. The zero-order chi connectivity index (χ0) is 8.39. The Morgan fingerprint density at radius 2 is 2.33 bits per heavy atom. The summed E-state index contributed by atoms with van der Waals surface area (Å²) in [6, 6.07) is 2.13. The Morgan fingerprint density at radius 1 is 1.50 bits per heavy atom. The lowest BCUT2D eigenvalue weighted by molar-refractivity contribution is 0.888. The lowest BCUT2D eigenvalue weighted by Crippen LogP contribution is -2.03. The summed E-state index contributed by atoms with van der Waals surface area (Å²) in [5.41, 5.74) is 2.37. The topological polar surface area (TPSA) is 24.9 Å². The Bertz CT molecular complexity index is 266. The lowest BCUT2D eigenvalue weighted by atomic mass is 10.3. The van der Waals surface area contributed by atoms with Gasteiger partial charge in [-0.2, -0.15) is 0 Å². The quantitative estimate of drug-likeness (QED) is 0.737. The van der Waals surface area contributed by atoms with Crippen LogP contribution in [0, 0.1) is 12.8 Å². The molecular weight excluding hydrogens is 148 g/mol. The second kappa shape index (κ2) is 3.13. The number of pyridine rings is 1. The van der Waals surface area contributed by atoms with Gasteiger partial charge in [-0.25, -0.2) is 0 Å². The summed E-state index contributed by atoms with van der Waals surface area (Å²) in [7, 11) is 0. The van der Waals surface area contributed by atoms with E-state index in [1.54, 1.807) is 0 Å². The predicted octanol–water partition coefficient (Wildman–Crippen LogP) is 2.21. The first-order valence-corrected chi connectivity index (χ1v) is 4.50. The molecule has 1 aromatic heterocycles. The summed E-state index contributed by atoms with van der Waals surface area (Å²) in [4.78, 5) is 4.12. The van der Waals surface area contributed by atoms with Crippen LogP contribution in [0.25, 0.3) is 0 Å². The molecule has 1 saturated carbocycles. The Hall–Kier alpha value is -1.05. The minimum Gasteiger partial charge on any atom is -0.384 e. The number of nitrogens with one attached hydrogen (secondary N) is 1. The second-order valence-corrected chi connectivity index (χ2v) is 3.58. The largest absolute Gasteiger partial charge is 0.384 e. The van der Waals surface area contributed by atoms with Crippen LogP contribution in [0.15, 0.2) is 18.5 Å². The van der Waals surface area contributed by atoms with Crippen molar-refractivity contribution in [2.45, 2.75) is 19.8 Å². The van der Waals surface area contributed by atoms with Crippen LogP contribution in [0.3, 0.4) is 0 Å². The summed E-state index contributed by atoms with van der Waals surface area (Å²) in [5.74, 6) is 0.922. The summed E-state index contributed by atoms with van der Waals surface area (Å²) in [6.07, 6.45) is 6.55. The number of aromatic nitrogens is 1. The number of hydrogen-bond donors (Lipinski definition) is 1. The van der Waals surface area contributed by atoms with E-state index in [-0.39, 0.29) is 0 Å². The normalized spacial score (nSPS) is 16.1. The highest BCUT2D eigenvalue weighted by molar-refractivity contribution is 5.42. The minimum absolute atomic E-state index is 0.922. The van der Waals surface area contributed by atoms with Gasteiger partial charge in [-0.05, 0) is 37.3 Å². The predicted molar refractivity (Wildman–Crippen MR) is 50.2 cm³/mol. The molecule has 1 heterocycles. The number of aryl methyl sites for hydroxylation is 1. The molecule has 0 bridgehead atoms. The fourth-order valence-corrected chi connectivity index (χ4v) is 1.24. The zero-order valence-electron chi connectivity index (χ0n) is 7.38. The van der Waals surface area contributed by atoms with Gasteiger partial charge in [-0.15, -0.1) is 0 Å². The van der Waals surface area contributed by atoms with E-state index in [1.807, 2.05) is 12.4 Å². The van der Waals surface area contributed by atoms with Crippen LogP contribution in [0.5, 0.6) is 0 Å². The van der Waals surface area contributed by atoms with Gasteiger partial charge < -0.3 is 5.32 Å². The first-order valence-electron chi connectivity index (χ1n) is 4.50. The van der Waals surface area contributed by atoms with Gasteiger partial charge in [0.1, 0.15) is 0 Å². The van der Waals surface area contributed by atoms with E-state index in [1.165, 1.54) is 18.4 Å². The van der Waals surface area contributed by atoms with Crippen LogP contribution < -0.4 is 5.32 Å². The van der Waals surface area contributed by atoms with Crippen LogP contribution in [-0.4, -0.2) is 11.5 Å². The standard InChI is InChI=1S/C10H14N2/c1-8-4-10(7-11-5-8)12-6-9-2-3-9/h4-5,7,9,12H,2-3,6H2,1H3. The molecule has 1 N–H and O–H groups in total. The van der Waals surface area contributed by atoms with E-state index < -0.39 is 0 Å². The van der Waals surface area contributed by atoms with Crippen molar-refractivity contribution in [1.82, 2.24) is 4.98 Å². The Balaban J connectivity index is 1.92. The van der Waals surface area contributed by atoms with Gasteiger partial charge in [-0.1, -0.05) is 0 Å². The molecule has 1 aliphatic rings. The molecule has 1 fully saturated rings. The fourth-order valence-electron chi connectivity index (χ4n) is 1.24. The Morgan fingerprint density at radius 3 is 3.00 bits per heavy atom. The first-order chi connectivity index (χ1) is 5.84. The third-order valence-corrected chi connectivity index (χ3v) is 2.17. The van der Waals surface area contributed by atoms with Crippen molar-refractivity contribution in [3.05, 3.63) is 24.0 Å². The SMILES string of the molecule is Cc1cncc(NCC2CC2)c1. The van der Waals surface area contributed by atoms with Crippen LogP contribution in [-0.2, 0) is 0 Å². The van der Waals surface area contributed by atoms with E-state index in [0.29, 0.717) is 0 Å². The first kappa shape index (κ1) is 7.59. The monoisotopic (exact) mass is 162 g/mol. The summed E-state index contributed by atoms with van der Waals surface area (Å²) >= 11 is 0. The molecule has 2 nitrogen and oxygen atoms in total. The van der Waals surface area contributed by atoms with Crippen LogP contribution >= 0.6 is 0 Å². The number of nitrogens with zero attached hydrogens (tertiary/aromatic N) is 1. The second-order valence-electron chi connectivity index (χ2n) is 3.58. The average molecular weight is 162 g/mol. The molecule has 0 aliphatic heterocycles. The number of rotatable bonds is 3. The molecule has 12 heavy (non-hydrogen) atoms. The summed E-state index contributed by atoms with van der Waals surface area (Å²) < 4.78 is 0. The molecule has 0 aromatic carbocycles. The molecule has 0 saturated heterocycles. The molecular formula is C10H14N2. The van der Waals surface area contributed by atoms with E-state index in [9.17, 15) is 0 Å². The highest BCUT2D eigenvalue weighted by atomic mass is 14.9. The van der Waals surface area contributed by atoms with Crippen molar-refractivity contribution in [2.24, 2.45) is 5.92 Å². The van der Waals surface area contributed by atoms with Crippen molar-refractivity contribution in [2.75, 3.05) is 11.9 Å². The molecule has 1 aliphatic carbocycles. The molecule has 0 radical (unpaired) electrons. The number of hydrogen-bond acceptors (Lipinski definition) is 2. The smallest absolute Gasteiger partial charge is 0.0529 e. The van der Waals surface area contributed by atoms with Crippen molar-refractivity contribution < 1.29 is 0 Å². The van der Waals surface area contributed by atoms with Crippen LogP contribution in [0.2, 0.25) is 0 Å². The zero-order valence-corrected chi connectivity index (χ0v) is 7.38. The molecule has 64 valence electrons. The third-order valence-electron chi connectivity index (χ3n) is 2.17. The maximum atomic E-state index is 4.12. The van der Waals surface area contributed by atoms with Crippen molar-refractivity contribution in [3.63, 3.8) is 0 Å². The van der Waals surface area contributed by atoms with Gasteiger partial charge in [0, 0.05) is 18.9 Å². The fraction of sp³-hybridized carbons (Fsp3) is 0.500. The maximum absolute atomic E-state index is 4.12. The molecule has 0 spiro atoms. The van der Waals surface area contributed by atoms with Gasteiger partial charge >= 0.3 is 0 Å². The number of anilines is 1. The minimum atomic E-state index is 0.922. The molecule has 0 amide bonds. The molecule has 2 rings (SSSR count). The maximum Gasteiger partial charge on any atom is 0.0529 e. The van der Waals surface area contributed by atoms with E-state index in [2.05, 4.69) is 23.3 Å². The van der Waals surface area contributed by atoms with Gasteiger partial charge in [0.05, 0.1) is 5.69 Å². The van der Waals surface area contributed by atoms with Gasteiger partial charge in [-0.3, -0.25) is 4.98 Å². The van der Waals surface area contributed by atoms with Crippen molar-refractivity contribution in [3.8, 4) is 0 Å². The molecule has 0 unspecified atom stereocenters. The third kappa shape index (κ3) is 1.97. The van der Waals surface area contributed by atoms with Gasteiger partial charge in [0.2, 0.25) is 0 Å². The Kier molecular flexibility index (Phi) is 1.98. The van der Waals surface area contributed by atoms with Crippen molar-refractivity contribution in [1.29, 1.82) is 0 Å². The van der Waals surface area contributed by atoms with Gasteiger partial charge in [0.15, 0.2) is 0 Å². The highest BCUT2D eigenvalue weighted by Crippen LogP contribution is 2.28. The summed E-state index contributed by atoms with van der Waals surface area (Å²) in [6.45, 7) is 3.18. The lowest BCUT2D eigenvalue weighted by Gasteiger charge is -2.04. The van der Waals surface area contributed by atoms with Crippen molar-refractivity contribution >= 4 is 5.69 Å². The molecule has 2 heteroatoms. The van der Waals surface area contributed by atoms with E-state index in [4.69, 9.17) is 0 Å². The van der Waals surface area contributed by atoms with E-state index in [0.717, 1.165) is 18.2 Å².